The van der Waals surface area contributed by atoms with E-state index in [1.165, 1.54) is 7.11 Å². The summed E-state index contributed by atoms with van der Waals surface area (Å²) in [5.41, 5.74) is 0.531. The summed E-state index contributed by atoms with van der Waals surface area (Å²) in [5.74, 6) is -0.108. The molecule has 0 amide bonds. The van der Waals surface area contributed by atoms with E-state index in [0.29, 0.717) is 11.4 Å². The third-order valence-electron chi connectivity index (χ3n) is 3.80. The van der Waals surface area contributed by atoms with Crippen molar-refractivity contribution in [3.05, 3.63) is 34.9 Å². The fourth-order valence-electron chi connectivity index (χ4n) is 2.43. The highest BCUT2D eigenvalue weighted by Crippen LogP contribution is 2.49. The quantitative estimate of drug-likeness (QED) is 0.812. The summed E-state index contributed by atoms with van der Waals surface area (Å²) in [4.78, 5) is 12.5. The zero-order valence-electron chi connectivity index (χ0n) is 11.2. The summed E-state index contributed by atoms with van der Waals surface area (Å²) in [6.07, 6.45) is 1.83. The highest BCUT2D eigenvalue weighted by Gasteiger charge is 2.52. The van der Waals surface area contributed by atoms with Crippen LogP contribution in [0.1, 0.15) is 31.7 Å². The van der Waals surface area contributed by atoms with Gasteiger partial charge in [0.15, 0.2) is 5.78 Å². The Labute approximate surface area is 118 Å². The van der Waals surface area contributed by atoms with Crippen LogP contribution in [-0.4, -0.2) is 24.7 Å². The number of carbonyl (C=O) groups excluding carboxylic acids is 1. The van der Waals surface area contributed by atoms with Gasteiger partial charge in [-0.1, -0.05) is 30.7 Å². The van der Waals surface area contributed by atoms with E-state index in [0.717, 1.165) is 18.4 Å². The van der Waals surface area contributed by atoms with Crippen molar-refractivity contribution >= 4 is 23.1 Å². The van der Waals surface area contributed by atoms with E-state index < -0.39 is 11.5 Å². The van der Waals surface area contributed by atoms with Crippen LogP contribution in [0.5, 0.6) is 0 Å². The normalized spacial score (nSPS) is 17.8. The highest BCUT2D eigenvalue weighted by atomic mass is 35.5. The molecule has 1 aromatic rings. The smallest absolute Gasteiger partial charge is 0.189 e. The lowest BCUT2D eigenvalue weighted by atomic mass is 9.87. The van der Waals surface area contributed by atoms with Gasteiger partial charge < -0.3 is 4.74 Å². The Hall–Kier alpha value is -1.19. The fourth-order valence-corrected chi connectivity index (χ4v) is 2.56. The fraction of sp³-hybridized carbons (Fsp3) is 0.467. The van der Waals surface area contributed by atoms with Gasteiger partial charge in [0.1, 0.15) is 11.8 Å². The molecule has 0 heterocycles. The largest absolute Gasteiger partial charge is 0.375 e. The number of methoxy groups -OCH3 is 1. The molecule has 0 saturated heterocycles. The van der Waals surface area contributed by atoms with Crippen LogP contribution in [0.25, 0.3) is 0 Å². The summed E-state index contributed by atoms with van der Waals surface area (Å²) in [6, 6.07) is 7.35. The van der Waals surface area contributed by atoms with Crippen molar-refractivity contribution in [1.82, 2.24) is 0 Å². The van der Waals surface area contributed by atoms with Crippen molar-refractivity contribution < 1.29 is 9.53 Å². The number of halogens is 1. The molecule has 0 spiro atoms. The molecule has 3 nitrogen and oxygen atoms in total. The van der Waals surface area contributed by atoms with Gasteiger partial charge >= 0.3 is 0 Å². The minimum absolute atomic E-state index is 0.0810. The number of hydrogen-bond donors (Lipinski definition) is 1. The zero-order chi connectivity index (χ0) is 14.0. The Morgan fingerprint density at radius 3 is 2.42 bits per heavy atom. The molecule has 1 aromatic carbocycles. The van der Waals surface area contributed by atoms with Crippen LogP contribution in [0.3, 0.4) is 0 Å². The van der Waals surface area contributed by atoms with E-state index in [-0.39, 0.29) is 11.5 Å². The summed E-state index contributed by atoms with van der Waals surface area (Å²) >= 11 is 5.87. The SMILES string of the molecule is CC[C@H](OC)C(=N)C(=O)C1(c2ccc(Cl)cc2)CC1. The molecule has 1 N–H and O–H groups in total. The molecule has 0 aromatic heterocycles. The van der Waals surface area contributed by atoms with E-state index in [2.05, 4.69) is 0 Å². The molecule has 0 unspecified atom stereocenters. The van der Waals surface area contributed by atoms with E-state index >= 15 is 0 Å². The Kier molecular flexibility index (Phi) is 4.07. The molecule has 0 bridgehead atoms. The molecular weight excluding hydrogens is 262 g/mol. The third-order valence-corrected chi connectivity index (χ3v) is 4.06. The van der Waals surface area contributed by atoms with Crippen LogP contribution in [0.4, 0.5) is 0 Å². The maximum absolute atomic E-state index is 12.5. The van der Waals surface area contributed by atoms with Gasteiger partial charge in [0.05, 0.1) is 5.41 Å². The standard InChI is InChI=1S/C15H18ClNO2/c1-3-12(19-2)13(17)14(18)15(8-9-15)10-4-6-11(16)7-5-10/h4-7,12,17H,3,8-9H2,1-2H3/t12-/m0/s1. The van der Waals surface area contributed by atoms with Crippen molar-refractivity contribution in [2.75, 3.05) is 7.11 Å². The summed E-state index contributed by atoms with van der Waals surface area (Å²) in [6.45, 7) is 1.91. The van der Waals surface area contributed by atoms with Gasteiger partial charge in [0, 0.05) is 12.1 Å². The summed E-state index contributed by atoms with van der Waals surface area (Å²) in [5, 5.41) is 8.70. The lowest BCUT2D eigenvalue weighted by Crippen LogP contribution is -2.36. The van der Waals surface area contributed by atoms with Gasteiger partial charge in [0.25, 0.3) is 0 Å². The van der Waals surface area contributed by atoms with Crippen LogP contribution in [0.15, 0.2) is 24.3 Å². The van der Waals surface area contributed by atoms with Crippen molar-refractivity contribution in [3.8, 4) is 0 Å². The molecule has 1 atom stereocenters. The Morgan fingerprint density at radius 1 is 1.42 bits per heavy atom. The molecule has 1 saturated carbocycles. The maximum atomic E-state index is 12.5. The molecule has 0 aliphatic heterocycles. The molecule has 1 aliphatic carbocycles. The molecular formula is C15H18ClNO2. The number of hydrogen-bond acceptors (Lipinski definition) is 3. The van der Waals surface area contributed by atoms with Crippen LogP contribution < -0.4 is 0 Å². The maximum Gasteiger partial charge on any atom is 0.189 e. The monoisotopic (exact) mass is 279 g/mol. The average molecular weight is 280 g/mol. The first-order valence-corrected chi connectivity index (χ1v) is 6.85. The van der Waals surface area contributed by atoms with Crippen LogP contribution in [0, 0.1) is 5.41 Å². The van der Waals surface area contributed by atoms with Gasteiger partial charge in [0.2, 0.25) is 0 Å². The number of carbonyl (C=O) groups is 1. The molecule has 1 fully saturated rings. The summed E-state index contributed by atoms with van der Waals surface area (Å²) in [7, 11) is 1.54. The second kappa shape index (κ2) is 5.43. The van der Waals surface area contributed by atoms with Gasteiger partial charge in [-0.05, 0) is 37.0 Å². The number of benzene rings is 1. The van der Waals surface area contributed by atoms with Crippen molar-refractivity contribution in [3.63, 3.8) is 0 Å². The minimum atomic E-state index is -0.506. The second-order valence-electron chi connectivity index (χ2n) is 4.96. The first kappa shape index (κ1) is 14.2. The predicted molar refractivity (Wildman–Crippen MR) is 76.2 cm³/mol. The lowest BCUT2D eigenvalue weighted by Gasteiger charge is -2.19. The van der Waals surface area contributed by atoms with Crippen LogP contribution in [0.2, 0.25) is 5.02 Å². The molecule has 2 rings (SSSR count). The van der Waals surface area contributed by atoms with Crippen molar-refractivity contribution in [2.24, 2.45) is 0 Å². The molecule has 1 aliphatic rings. The van der Waals surface area contributed by atoms with Gasteiger partial charge in [-0.3, -0.25) is 10.2 Å². The second-order valence-corrected chi connectivity index (χ2v) is 5.40. The molecule has 19 heavy (non-hydrogen) atoms. The summed E-state index contributed by atoms with van der Waals surface area (Å²) < 4.78 is 5.19. The van der Waals surface area contributed by atoms with E-state index in [4.69, 9.17) is 21.7 Å². The van der Waals surface area contributed by atoms with E-state index in [1.807, 2.05) is 19.1 Å². The number of rotatable bonds is 6. The average Bonchev–Trinajstić information content (AvgIpc) is 3.21. The van der Waals surface area contributed by atoms with E-state index in [1.54, 1.807) is 12.1 Å². The van der Waals surface area contributed by atoms with Crippen LogP contribution in [-0.2, 0) is 14.9 Å². The number of Topliss-reactive ketones (excluding diaryl/α,β-unsaturated/α-hetero) is 1. The number of ether oxygens (including phenoxy) is 1. The number of ketones is 1. The van der Waals surface area contributed by atoms with Gasteiger partial charge in [-0.15, -0.1) is 0 Å². The first-order chi connectivity index (χ1) is 9.05. The predicted octanol–water partition coefficient (Wildman–Crippen LogP) is 3.39. The Morgan fingerprint density at radius 2 is 2.00 bits per heavy atom. The van der Waals surface area contributed by atoms with Gasteiger partial charge in [-0.25, -0.2) is 0 Å². The van der Waals surface area contributed by atoms with Gasteiger partial charge in [-0.2, -0.15) is 0 Å². The Bertz CT molecular complexity index is 487. The molecule has 0 radical (unpaired) electrons. The van der Waals surface area contributed by atoms with Crippen LogP contribution >= 0.6 is 11.6 Å². The highest BCUT2D eigenvalue weighted by molar-refractivity contribution is 6.44. The van der Waals surface area contributed by atoms with Crippen molar-refractivity contribution in [2.45, 2.75) is 37.7 Å². The van der Waals surface area contributed by atoms with Crippen molar-refractivity contribution in [1.29, 1.82) is 5.41 Å². The Balaban J connectivity index is 2.23. The topological polar surface area (TPSA) is 50.1 Å². The minimum Gasteiger partial charge on any atom is -0.375 e. The lowest BCUT2D eigenvalue weighted by molar-refractivity contribution is -0.115. The van der Waals surface area contributed by atoms with E-state index in [9.17, 15) is 4.79 Å². The zero-order valence-corrected chi connectivity index (χ0v) is 12.0. The third kappa shape index (κ3) is 2.58. The molecule has 4 heteroatoms. The molecule has 102 valence electrons. The first-order valence-electron chi connectivity index (χ1n) is 6.47. The number of nitrogens with one attached hydrogen (secondary N) is 1.